The molecule has 2 N–H and O–H groups in total. The van der Waals surface area contributed by atoms with E-state index in [1.54, 1.807) is 6.07 Å². The molecule has 1 heterocycles. The van der Waals surface area contributed by atoms with E-state index in [0.29, 0.717) is 5.92 Å². The maximum absolute atomic E-state index is 12.9. The summed E-state index contributed by atoms with van der Waals surface area (Å²) in [5.74, 6) is 0.490. The molecule has 0 amide bonds. The molecule has 0 aromatic heterocycles. The van der Waals surface area contributed by atoms with Crippen molar-refractivity contribution in [3.05, 3.63) is 30.1 Å². The molecule has 3 heteroatoms. The minimum absolute atomic E-state index is 0.179. The Morgan fingerprint density at radius 1 is 1.47 bits per heavy atom. The minimum Gasteiger partial charge on any atom is -0.385 e. The minimum atomic E-state index is -0.179. The van der Waals surface area contributed by atoms with Crippen LogP contribution < -0.4 is 10.6 Å². The van der Waals surface area contributed by atoms with Gasteiger partial charge in [0.2, 0.25) is 0 Å². The summed E-state index contributed by atoms with van der Waals surface area (Å²) in [5.41, 5.74) is 0.876. The largest absolute Gasteiger partial charge is 0.385 e. The highest BCUT2D eigenvalue weighted by molar-refractivity contribution is 5.42. The molecular formula is C12H17FN2. The van der Waals surface area contributed by atoms with Gasteiger partial charge in [0.05, 0.1) is 0 Å². The standard InChI is InChI=1S/C12H17FN2/c13-11-4-1-5-12(7-11)15-9-10-3-2-6-14-8-10/h1,4-5,7,10,14-15H,2-3,6,8-9H2. The molecule has 82 valence electrons. The smallest absolute Gasteiger partial charge is 0.125 e. The Morgan fingerprint density at radius 2 is 2.40 bits per heavy atom. The highest BCUT2D eigenvalue weighted by atomic mass is 19.1. The van der Waals surface area contributed by atoms with Crippen LogP contribution in [0, 0.1) is 11.7 Å². The van der Waals surface area contributed by atoms with E-state index in [0.717, 1.165) is 25.3 Å². The van der Waals surface area contributed by atoms with Crippen LogP contribution in [0.4, 0.5) is 10.1 Å². The van der Waals surface area contributed by atoms with E-state index in [1.807, 2.05) is 6.07 Å². The summed E-state index contributed by atoms with van der Waals surface area (Å²) in [4.78, 5) is 0. The predicted molar refractivity (Wildman–Crippen MR) is 60.5 cm³/mol. The van der Waals surface area contributed by atoms with E-state index in [2.05, 4.69) is 10.6 Å². The fourth-order valence-electron chi connectivity index (χ4n) is 1.96. The van der Waals surface area contributed by atoms with Crippen molar-refractivity contribution in [3.8, 4) is 0 Å². The second kappa shape index (κ2) is 5.12. The van der Waals surface area contributed by atoms with E-state index in [4.69, 9.17) is 0 Å². The first-order chi connectivity index (χ1) is 7.34. The summed E-state index contributed by atoms with van der Waals surface area (Å²) in [7, 11) is 0. The van der Waals surface area contributed by atoms with Gasteiger partial charge in [0.15, 0.2) is 0 Å². The molecule has 0 bridgehead atoms. The average molecular weight is 208 g/mol. The molecule has 2 rings (SSSR count). The van der Waals surface area contributed by atoms with Crippen LogP contribution in [-0.4, -0.2) is 19.6 Å². The van der Waals surface area contributed by atoms with Crippen LogP contribution >= 0.6 is 0 Å². The lowest BCUT2D eigenvalue weighted by Crippen LogP contribution is -2.33. The second-order valence-electron chi connectivity index (χ2n) is 4.10. The molecule has 1 fully saturated rings. The number of halogens is 1. The van der Waals surface area contributed by atoms with Crippen molar-refractivity contribution >= 4 is 5.69 Å². The number of benzene rings is 1. The van der Waals surface area contributed by atoms with Crippen LogP contribution in [0.15, 0.2) is 24.3 Å². The van der Waals surface area contributed by atoms with Crippen LogP contribution in [0.5, 0.6) is 0 Å². The fourth-order valence-corrected chi connectivity index (χ4v) is 1.96. The molecular weight excluding hydrogens is 191 g/mol. The lowest BCUT2D eigenvalue weighted by atomic mass is 10.00. The molecule has 0 saturated carbocycles. The van der Waals surface area contributed by atoms with Crippen LogP contribution in [0.3, 0.4) is 0 Å². The van der Waals surface area contributed by atoms with Gasteiger partial charge in [-0.05, 0) is 50.0 Å². The van der Waals surface area contributed by atoms with Crippen LogP contribution in [0.2, 0.25) is 0 Å². The monoisotopic (exact) mass is 208 g/mol. The van der Waals surface area contributed by atoms with Crippen molar-refractivity contribution in [2.24, 2.45) is 5.92 Å². The first-order valence-electron chi connectivity index (χ1n) is 5.55. The van der Waals surface area contributed by atoms with Gasteiger partial charge in [-0.1, -0.05) is 6.07 Å². The van der Waals surface area contributed by atoms with Crippen molar-refractivity contribution in [1.29, 1.82) is 0 Å². The van der Waals surface area contributed by atoms with Crippen LogP contribution in [0.25, 0.3) is 0 Å². The Kier molecular flexibility index (Phi) is 3.56. The summed E-state index contributed by atoms with van der Waals surface area (Å²) < 4.78 is 12.9. The first kappa shape index (κ1) is 10.4. The normalized spacial score (nSPS) is 21.3. The molecule has 0 radical (unpaired) electrons. The van der Waals surface area contributed by atoms with Gasteiger partial charge in [-0.3, -0.25) is 0 Å². The van der Waals surface area contributed by atoms with E-state index < -0.39 is 0 Å². The third-order valence-electron chi connectivity index (χ3n) is 2.82. The lowest BCUT2D eigenvalue weighted by Gasteiger charge is -2.23. The molecule has 1 aromatic rings. The van der Waals surface area contributed by atoms with Gasteiger partial charge in [0.25, 0.3) is 0 Å². The van der Waals surface area contributed by atoms with Gasteiger partial charge in [0.1, 0.15) is 5.82 Å². The van der Waals surface area contributed by atoms with Gasteiger partial charge >= 0.3 is 0 Å². The van der Waals surface area contributed by atoms with Gasteiger partial charge in [0, 0.05) is 12.2 Å². The Hall–Kier alpha value is -1.09. The molecule has 1 atom stereocenters. The molecule has 1 aromatic carbocycles. The highest BCUT2D eigenvalue weighted by Gasteiger charge is 2.12. The fraction of sp³-hybridized carbons (Fsp3) is 0.500. The van der Waals surface area contributed by atoms with Crippen molar-refractivity contribution in [2.45, 2.75) is 12.8 Å². The van der Waals surface area contributed by atoms with E-state index in [9.17, 15) is 4.39 Å². The highest BCUT2D eigenvalue weighted by Crippen LogP contribution is 2.13. The van der Waals surface area contributed by atoms with Gasteiger partial charge in [-0.25, -0.2) is 4.39 Å². The van der Waals surface area contributed by atoms with Crippen molar-refractivity contribution in [1.82, 2.24) is 5.32 Å². The third-order valence-corrected chi connectivity index (χ3v) is 2.82. The first-order valence-corrected chi connectivity index (χ1v) is 5.55. The zero-order valence-electron chi connectivity index (χ0n) is 8.80. The molecule has 2 nitrogen and oxygen atoms in total. The van der Waals surface area contributed by atoms with Gasteiger partial charge < -0.3 is 10.6 Å². The van der Waals surface area contributed by atoms with Crippen LogP contribution in [0.1, 0.15) is 12.8 Å². The number of hydrogen-bond acceptors (Lipinski definition) is 2. The van der Waals surface area contributed by atoms with Crippen LogP contribution in [-0.2, 0) is 0 Å². The summed E-state index contributed by atoms with van der Waals surface area (Å²) in [5, 5.41) is 6.64. The molecule has 1 saturated heterocycles. The molecule has 15 heavy (non-hydrogen) atoms. The van der Waals surface area contributed by atoms with Crippen molar-refractivity contribution in [2.75, 3.05) is 25.0 Å². The predicted octanol–water partition coefficient (Wildman–Crippen LogP) is 2.24. The summed E-state index contributed by atoms with van der Waals surface area (Å²) in [6.45, 7) is 3.13. The number of rotatable bonds is 3. The van der Waals surface area contributed by atoms with Crippen molar-refractivity contribution in [3.63, 3.8) is 0 Å². The number of nitrogens with one attached hydrogen (secondary N) is 2. The summed E-state index contributed by atoms with van der Waals surface area (Å²) in [6, 6.07) is 6.64. The summed E-state index contributed by atoms with van der Waals surface area (Å²) in [6.07, 6.45) is 2.50. The maximum Gasteiger partial charge on any atom is 0.125 e. The summed E-state index contributed by atoms with van der Waals surface area (Å²) >= 11 is 0. The van der Waals surface area contributed by atoms with E-state index in [1.165, 1.54) is 25.0 Å². The molecule has 0 aliphatic carbocycles. The van der Waals surface area contributed by atoms with Gasteiger partial charge in [-0.15, -0.1) is 0 Å². The molecule has 1 aliphatic heterocycles. The zero-order chi connectivity index (χ0) is 10.5. The number of anilines is 1. The SMILES string of the molecule is Fc1cccc(NCC2CCCNC2)c1. The average Bonchev–Trinajstić information content (AvgIpc) is 2.28. The number of hydrogen-bond donors (Lipinski definition) is 2. The molecule has 1 aliphatic rings. The second-order valence-corrected chi connectivity index (χ2v) is 4.10. The zero-order valence-corrected chi connectivity index (χ0v) is 8.80. The third kappa shape index (κ3) is 3.20. The Bertz CT molecular complexity index is 308. The Labute approximate surface area is 89.9 Å². The number of piperidine rings is 1. The Morgan fingerprint density at radius 3 is 3.13 bits per heavy atom. The molecule has 0 spiro atoms. The lowest BCUT2D eigenvalue weighted by molar-refractivity contribution is 0.393. The maximum atomic E-state index is 12.9. The van der Waals surface area contributed by atoms with Crippen molar-refractivity contribution < 1.29 is 4.39 Å². The molecule has 1 unspecified atom stereocenters. The topological polar surface area (TPSA) is 24.1 Å². The quantitative estimate of drug-likeness (QED) is 0.796. The Balaban J connectivity index is 1.81. The van der Waals surface area contributed by atoms with E-state index >= 15 is 0 Å². The van der Waals surface area contributed by atoms with E-state index in [-0.39, 0.29) is 5.82 Å². The van der Waals surface area contributed by atoms with Gasteiger partial charge in [-0.2, -0.15) is 0 Å².